The molecule has 1 fully saturated rings. The van der Waals surface area contributed by atoms with Gasteiger partial charge in [0.25, 0.3) is 0 Å². The standard InChI is InChI=1S/C13H19ClN2/c1-2-12-4-3-7-16(12)13-8-11(14)6-5-10(13)9-15/h5-6,8,12H,2-4,7,9,15H2,1H3. The Bertz CT molecular complexity index is 365. The largest absolute Gasteiger partial charge is 0.368 e. The second-order valence-electron chi connectivity index (χ2n) is 4.37. The summed E-state index contributed by atoms with van der Waals surface area (Å²) in [7, 11) is 0. The van der Waals surface area contributed by atoms with Crippen molar-refractivity contribution >= 4 is 17.3 Å². The molecular weight excluding hydrogens is 220 g/mol. The summed E-state index contributed by atoms with van der Waals surface area (Å²) >= 11 is 6.08. The lowest BCUT2D eigenvalue weighted by Gasteiger charge is -2.28. The van der Waals surface area contributed by atoms with Crippen LogP contribution in [-0.2, 0) is 6.54 Å². The Morgan fingerprint density at radius 1 is 1.50 bits per heavy atom. The molecule has 0 spiro atoms. The molecule has 0 amide bonds. The SMILES string of the molecule is CCC1CCCN1c1cc(Cl)ccc1CN. The van der Waals surface area contributed by atoms with Crippen molar-refractivity contribution in [1.82, 2.24) is 0 Å². The first kappa shape index (κ1) is 11.7. The van der Waals surface area contributed by atoms with Crippen LogP contribution in [0, 0.1) is 0 Å². The summed E-state index contributed by atoms with van der Waals surface area (Å²) in [6.07, 6.45) is 3.75. The van der Waals surface area contributed by atoms with Gasteiger partial charge in [0.2, 0.25) is 0 Å². The van der Waals surface area contributed by atoms with Gasteiger partial charge in [-0.3, -0.25) is 0 Å². The molecule has 2 rings (SSSR count). The van der Waals surface area contributed by atoms with Crippen LogP contribution in [-0.4, -0.2) is 12.6 Å². The summed E-state index contributed by atoms with van der Waals surface area (Å²) in [6.45, 7) is 3.96. The quantitative estimate of drug-likeness (QED) is 0.877. The van der Waals surface area contributed by atoms with Crippen molar-refractivity contribution in [1.29, 1.82) is 0 Å². The summed E-state index contributed by atoms with van der Waals surface area (Å²) in [4.78, 5) is 2.47. The number of halogens is 1. The highest BCUT2D eigenvalue weighted by Crippen LogP contribution is 2.31. The van der Waals surface area contributed by atoms with Gasteiger partial charge < -0.3 is 10.6 Å². The molecule has 0 radical (unpaired) electrons. The van der Waals surface area contributed by atoms with E-state index in [1.807, 2.05) is 12.1 Å². The van der Waals surface area contributed by atoms with E-state index < -0.39 is 0 Å². The Hall–Kier alpha value is -0.730. The number of hydrogen-bond acceptors (Lipinski definition) is 2. The van der Waals surface area contributed by atoms with Crippen LogP contribution < -0.4 is 10.6 Å². The monoisotopic (exact) mass is 238 g/mol. The van der Waals surface area contributed by atoms with E-state index in [1.54, 1.807) is 0 Å². The van der Waals surface area contributed by atoms with Gasteiger partial charge in [-0.15, -0.1) is 0 Å². The first-order valence-corrected chi connectivity index (χ1v) is 6.39. The Morgan fingerprint density at radius 3 is 3.00 bits per heavy atom. The normalized spacial score (nSPS) is 20.4. The Balaban J connectivity index is 2.34. The molecule has 0 aromatic heterocycles. The third-order valence-electron chi connectivity index (χ3n) is 3.43. The first-order valence-electron chi connectivity index (χ1n) is 6.01. The van der Waals surface area contributed by atoms with E-state index >= 15 is 0 Å². The second kappa shape index (κ2) is 5.07. The molecule has 3 heteroatoms. The number of nitrogens with two attached hydrogens (primary N) is 1. The predicted molar refractivity (Wildman–Crippen MR) is 70.0 cm³/mol. The van der Waals surface area contributed by atoms with Crippen molar-refractivity contribution in [2.24, 2.45) is 5.73 Å². The molecule has 1 aromatic carbocycles. The summed E-state index contributed by atoms with van der Waals surface area (Å²) in [5.41, 5.74) is 8.22. The molecule has 1 unspecified atom stereocenters. The maximum atomic E-state index is 6.08. The van der Waals surface area contributed by atoms with Crippen LogP contribution in [0.1, 0.15) is 31.7 Å². The third-order valence-corrected chi connectivity index (χ3v) is 3.66. The van der Waals surface area contributed by atoms with E-state index in [2.05, 4.69) is 17.9 Å². The van der Waals surface area contributed by atoms with Gasteiger partial charge in [0, 0.05) is 29.8 Å². The second-order valence-corrected chi connectivity index (χ2v) is 4.81. The fourth-order valence-electron chi connectivity index (χ4n) is 2.55. The molecular formula is C13H19ClN2. The van der Waals surface area contributed by atoms with Crippen LogP contribution in [0.5, 0.6) is 0 Å². The molecule has 0 aliphatic carbocycles. The minimum Gasteiger partial charge on any atom is -0.368 e. The molecule has 1 saturated heterocycles. The summed E-state index contributed by atoms with van der Waals surface area (Å²) in [5.74, 6) is 0. The van der Waals surface area contributed by atoms with Crippen molar-refractivity contribution < 1.29 is 0 Å². The minimum atomic E-state index is 0.583. The van der Waals surface area contributed by atoms with Gasteiger partial charge in [-0.25, -0.2) is 0 Å². The molecule has 2 nitrogen and oxygen atoms in total. The number of nitrogens with zero attached hydrogens (tertiary/aromatic N) is 1. The van der Waals surface area contributed by atoms with E-state index in [0.717, 1.165) is 11.6 Å². The fraction of sp³-hybridized carbons (Fsp3) is 0.538. The van der Waals surface area contributed by atoms with Gasteiger partial charge in [0.05, 0.1) is 0 Å². The average Bonchev–Trinajstić information content (AvgIpc) is 2.76. The maximum Gasteiger partial charge on any atom is 0.0429 e. The molecule has 2 N–H and O–H groups in total. The van der Waals surface area contributed by atoms with Crippen LogP contribution >= 0.6 is 11.6 Å². The lowest BCUT2D eigenvalue weighted by atomic mass is 10.1. The van der Waals surface area contributed by atoms with Crippen molar-refractivity contribution in [2.45, 2.75) is 38.8 Å². The molecule has 1 atom stereocenters. The predicted octanol–water partition coefficient (Wildman–Crippen LogP) is 3.18. The van der Waals surface area contributed by atoms with E-state index in [-0.39, 0.29) is 0 Å². The zero-order valence-corrected chi connectivity index (χ0v) is 10.5. The molecule has 88 valence electrons. The van der Waals surface area contributed by atoms with E-state index in [0.29, 0.717) is 12.6 Å². The van der Waals surface area contributed by atoms with Gasteiger partial charge in [-0.1, -0.05) is 24.6 Å². The third kappa shape index (κ3) is 2.18. The van der Waals surface area contributed by atoms with E-state index in [4.69, 9.17) is 17.3 Å². The molecule has 1 aromatic rings. The molecule has 0 saturated carbocycles. The van der Waals surface area contributed by atoms with Crippen molar-refractivity contribution in [2.75, 3.05) is 11.4 Å². The van der Waals surface area contributed by atoms with Gasteiger partial charge in [0.1, 0.15) is 0 Å². The lowest BCUT2D eigenvalue weighted by molar-refractivity contribution is 0.643. The van der Waals surface area contributed by atoms with Crippen LogP contribution in [0.15, 0.2) is 18.2 Å². The number of benzene rings is 1. The van der Waals surface area contributed by atoms with Crippen LogP contribution in [0.2, 0.25) is 5.02 Å². The first-order chi connectivity index (χ1) is 7.76. The smallest absolute Gasteiger partial charge is 0.0429 e. The Morgan fingerprint density at radius 2 is 2.31 bits per heavy atom. The average molecular weight is 239 g/mol. The highest BCUT2D eigenvalue weighted by Gasteiger charge is 2.24. The van der Waals surface area contributed by atoms with Crippen molar-refractivity contribution in [3.63, 3.8) is 0 Å². The molecule has 1 aliphatic heterocycles. The lowest BCUT2D eigenvalue weighted by Crippen LogP contribution is -2.29. The van der Waals surface area contributed by atoms with Gasteiger partial charge in [-0.2, -0.15) is 0 Å². The fourth-order valence-corrected chi connectivity index (χ4v) is 2.72. The van der Waals surface area contributed by atoms with Crippen molar-refractivity contribution in [3.8, 4) is 0 Å². The molecule has 16 heavy (non-hydrogen) atoms. The zero-order chi connectivity index (χ0) is 11.5. The van der Waals surface area contributed by atoms with Gasteiger partial charge in [-0.05, 0) is 37.0 Å². The number of rotatable bonds is 3. The number of anilines is 1. The van der Waals surface area contributed by atoms with Crippen LogP contribution in [0.3, 0.4) is 0 Å². The van der Waals surface area contributed by atoms with Crippen LogP contribution in [0.4, 0.5) is 5.69 Å². The highest BCUT2D eigenvalue weighted by molar-refractivity contribution is 6.30. The minimum absolute atomic E-state index is 0.583. The molecule has 1 heterocycles. The molecule has 0 bridgehead atoms. The molecule has 1 aliphatic rings. The number of hydrogen-bond donors (Lipinski definition) is 1. The van der Waals surface area contributed by atoms with E-state index in [1.165, 1.54) is 30.5 Å². The zero-order valence-electron chi connectivity index (χ0n) is 9.75. The van der Waals surface area contributed by atoms with Crippen molar-refractivity contribution in [3.05, 3.63) is 28.8 Å². The Labute approximate surface area is 102 Å². The summed E-state index contributed by atoms with van der Waals surface area (Å²) in [6, 6.07) is 6.67. The van der Waals surface area contributed by atoms with Crippen LogP contribution in [0.25, 0.3) is 0 Å². The van der Waals surface area contributed by atoms with E-state index in [9.17, 15) is 0 Å². The summed E-state index contributed by atoms with van der Waals surface area (Å²) < 4.78 is 0. The maximum absolute atomic E-state index is 6.08. The highest BCUT2D eigenvalue weighted by atomic mass is 35.5. The summed E-state index contributed by atoms with van der Waals surface area (Å²) in [5, 5.41) is 0.800. The van der Waals surface area contributed by atoms with Gasteiger partial charge in [0.15, 0.2) is 0 Å². The topological polar surface area (TPSA) is 29.3 Å². The Kier molecular flexibility index (Phi) is 3.72. The van der Waals surface area contributed by atoms with Gasteiger partial charge >= 0.3 is 0 Å².